The van der Waals surface area contributed by atoms with Gasteiger partial charge in [-0.25, -0.2) is 14.4 Å². The molecule has 1 amide bonds. The highest BCUT2D eigenvalue weighted by molar-refractivity contribution is 5.87. The summed E-state index contributed by atoms with van der Waals surface area (Å²) in [7, 11) is 0. The molecule has 0 atom stereocenters. The molecule has 3 rings (SSSR count). The van der Waals surface area contributed by atoms with Gasteiger partial charge in [0.1, 0.15) is 5.82 Å². The van der Waals surface area contributed by atoms with E-state index in [2.05, 4.69) is 10.4 Å². The van der Waals surface area contributed by atoms with Crippen molar-refractivity contribution in [2.75, 3.05) is 10.4 Å². The summed E-state index contributed by atoms with van der Waals surface area (Å²) in [6.07, 6.45) is 2.33. The van der Waals surface area contributed by atoms with E-state index in [1.807, 2.05) is 24.3 Å². The van der Waals surface area contributed by atoms with Crippen LogP contribution in [0.5, 0.6) is 0 Å². The molecule has 4 nitrogen and oxygen atoms in total. The number of benzene rings is 2. The van der Waals surface area contributed by atoms with E-state index in [0.29, 0.717) is 17.9 Å². The fourth-order valence-electron chi connectivity index (χ4n) is 2.00. The number of nitrogens with zero attached hydrogens (tertiary/aromatic N) is 2. The first-order valence-electron chi connectivity index (χ1n) is 6.38. The lowest BCUT2D eigenvalue weighted by molar-refractivity contribution is -0.107. The lowest BCUT2D eigenvalue weighted by Crippen LogP contribution is -2.28. The molecule has 0 aliphatic carbocycles. The summed E-state index contributed by atoms with van der Waals surface area (Å²) >= 11 is 0. The lowest BCUT2D eigenvalue weighted by atomic mass is 10.2. The maximum Gasteiger partial charge on any atom is 0.234 e. The summed E-state index contributed by atoms with van der Waals surface area (Å²) in [5, 5.41) is 3.23. The largest absolute Gasteiger partial charge is 0.290 e. The van der Waals surface area contributed by atoms with Gasteiger partial charge in [0.2, 0.25) is 6.41 Å². The van der Waals surface area contributed by atoms with Crippen LogP contribution in [0.3, 0.4) is 0 Å². The summed E-state index contributed by atoms with van der Waals surface area (Å²) in [6.45, 7) is 0. The first-order valence-corrected chi connectivity index (χ1v) is 6.38. The maximum absolute atomic E-state index is 12.9. The SMILES string of the molecule is O=CN(Nc1ccc(F)cc1)c1cc2ccccc2cn1. The zero-order chi connectivity index (χ0) is 14.7. The second kappa shape index (κ2) is 5.58. The van der Waals surface area contributed by atoms with Crippen LogP contribution in [0.2, 0.25) is 0 Å². The van der Waals surface area contributed by atoms with Gasteiger partial charge in [-0.05, 0) is 35.7 Å². The average molecular weight is 281 g/mol. The Bertz CT molecular complexity index is 774. The van der Waals surface area contributed by atoms with E-state index in [4.69, 9.17) is 0 Å². The van der Waals surface area contributed by atoms with E-state index in [0.717, 1.165) is 10.8 Å². The summed E-state index contributed by atoms with van der Waals surface area (Å²) < 4.78 is 12.9. The van der Waals surface area contributed by atoms with Crippen molar-refractivity contribution in [2.24, 2.45) is 0 Å². The van der Waals surface area contributed by atoms with Gasteiger partial charge in [-0.2, -0.15) is 0 Å². The first kappa shape index (κ1) is 13.1. The van der Waals surface area contributed by atoms with E-state index >= 15 is 0 Å². The van der Waals surface area contributed by atoms with Crippen LogP contribution in [0.1, 0.15) is 0 Å². The van der Waals surface area contributed by atoms with Crippen molar-refractivity contribution in [3.8, 4) is 0 Å². The Morgan fingerprint density at radius 2 is 1.76 bits per heavy atom. The summed E-state index contributed by atoms with van der Waals surface area (Å²) in [5.41, 5.74) is 3.47. The minimum absolute atomic E-state index is 0.331. The number of hydrazine groups is 1. The molecular formula is C16H12FN3O. The van der Waals surface area contributed by atoms with Crippen LogP contribution < -0.4 is 10.4 Å². The standard InChI is InChI=1S/C16H12FN3O/c17-14-5-7-15(8-6-14)19-20(11-21)16-9-12-3-1-2-4-13(12)10-18-16/h1-11,19H. The third-order valence-electron chi connectivity index (χ3n) is 3.06. The number of halogens is 1. The second-order valence-electron chi connectivity index (χ2n) is 4.48. The van der Waals surface area contributed by atoms with Gasteiger partial charge in [0.25, 0.3) is 0 Å². The zero-order valence-electron chi connectivity index (χ0n) is 11.0. The van der Waals surface area contributed by atoms with E-state index < -0.39 is 0 Å². The highest BCUT2D eigenvalue weighted by Crippen LogP contribution is 2.19. The Hall–Kier alpha value is -2.95. The summed E-state index contributed by atoms with van der Waals surface area (Å²) in [5.74, 6) is 0.134. The predicted octanol–water partition coefficient (Wildman–Crippen LogP) is 3.36. The van der Waals surface area contributed by atoms with Crippen molar-refractivity contribution in [3.63, 3.8) is 0 Å². The molecule has 0 spiro atoms. The molecule has 0 saturated carbocycles. The third-order valence-corrected chi connectivity index (χ3v) is 3.06. The van der Waals surface area contributed by atoms with Gasteiger partial charge in [-0.3, -0.25) is 10.2 Å². The van der Waals surface area contributed by atoms with Crippen LogP contribution in [-0.4, -0.2) is 11.4 Å². The molecule has 1 N–H and O–H groups in total. The Morgan fingerprint density at radius 1 is 1.05 bits per heavy atom. The normalized spacial score (nSPS) is 10.3. The smallest absolute Gasteiger partial charge is 0.234 e. The van der Waals surface area contributed by atoms with Gasteiger partial charge in [-0.1, -0.05) is 24.3 Å². The van der Waals surface area contributed by atoms with Crippen LogP contribution >= 0.6 is 0 Å². The number of fused-ring (bicyclic) bond motifs is 1. The topological polar surface area (TPSA) is 45.2 Å². The first-order chi connectivity index (χ1) is 10.3. The highest BCUT2D eigenvalue weighted by atomic mass is 19.1. The van der Waals surface area contributed by atoms with Gasteiger partial charge in [-0.15, -0.1) is 0 Å². The van der Waals surface area contributed by atoms with Gasteiger partial charge in [0, 0.05) is 11.6 Å². The Morgan fingerprint density at radius 3 is 2.48 bits per heavy atom. The number of nitrogens with one attached hydrogen (secondary N) is 1. The molecule has 0 aliphatic heterocycles. The van der Waals surface area contributed by atoms with Crippen LogP contribution in [0.4, 0.5) is 15.9 Å². The average Bonchev–Trinajstić information content (AvgIpc) is 2.54. The van der Waals surface area contributed by atoms with Gasteiger partial charge < -0.3 is 0 Å². The van der Waals surface area contributed by atoms with E-state index in [1.165, 1.54) is 17.1 Å². The molecular weight excluding hydrogens is 269 g/mol. The fraction of sp³-hybridized carbons (Fsp3) is 0. The van der Waals surface area contributed by atoms with Gasteiger partial charge in [0.15, 0.2) is 5.82 Å². The Labute approximate surface area is 120 Å². The number of carbonyl (C=O) groups excluding carboxylic acids is 1. The molecule has 0 fully saturated rings. The van der Waals surface area contributed by atoms with E-state index in [-0.39, 0.29) is 5.82 Å². The van der Waals surface area contributed by atoms with Crippen LogP contribution in [0.15, 0.2) is 60.8 Å². The predicted molar refractivity (Wildman–Crippen MR) is 80.3 cm³/mol. The number of hydrogen-bond donors (Lipinski definition) is 1. The van der Waals surface area contributed by atoms with Crippen molar-refractivity contribution in [3.05, 3.63) is 66.6 Å². The zero-order valence-corrected chi connectivity index (χ0v) is 11.0. The lowest BCUT2D eigenvalue weighted by Gasteiger charge is -2.18. The molecule has 3 aromatic rings. The van der Waals surface area contributed by atoms with E-state index in [9.17, 15) is 9.18 Å². The molecule has 0 aliphatic rings. The van der Waals surface area contributed by atoms with Crippen molar-refractivity contribution in [2.45, 2.75) is 0 Å². The van der Waals surface area contributed by atoms with Crippen molar-refractivity contribution in [1.82, 2.24) is 4.98 Å². The molecule has 2 aromatic carbocycles. The number of rotatable bonds is 4. The number of aromatic nitrogens is 1. The number of hydrogen-bond acceptors (Lipinski definition) is 3. The minimum Gasteiger partial charge on any atom is -0.290 e. The summed E-state index contributed by atoms with van der Waals surface area (Å²) in [4.78, 5) is 15.5. The molecule has 0 unspecified atom stereocenters. The van der Waals surface area contributed by atoms with Crippen molar-refractivity contribution < 1.29 is 9.18 Å². The van der Waals surface area contributed by atoms with Crippen molar-refractivity contribution >= 4 is 28.7 Å². The monoisotopic (exact) mass is 281 g/mol. The molecule has 0 bridgehead atoms. The molecule has 1 heterocycles. The number of amides is 1. The molecule has 5 heteroatoms. The van der Waals surface area contributed by atoms with Gasteiger partial charge >= 0.3 is 0 Å². The Balaban J connectivity index is 1.90. The van der Waals surface area contributed by atoms with Crippen molar-refractivity contribution in [1.29, 1.82) is 0 Å². The van der Waals surface area contributed by atoms with Crippen LogP contribution in [0.25, 0.3) is 10.8 Å². The van der Waals surface area contributed by atoms with Gasteiger partial charge in [0.05, 0.1) is 5.69 Å². The maximum atomic E-state index is 12.9. The van der Waals surface area contributed by atoms with Crippen LogP contribution in [0, 0.1) is 5.82 Å². The van der Waals surface area contributed by atoms with Crippen LogP contribution in [-0.2, 0) is 4.79 Å². The fourth-order valence-corrected chi connectivity index (χ4v) is 2.00. The quantitative estimate of drug-likeness (QED) is 0.589. The third kappa shape index (κ3) is 2.81. The molecule has 0 radical (unpaired) electrons. The molecule has 0 saturated heterocycles. The Kier molecular flexibility index (Phi) is 3.47. The molecule has 21 heavy (non-hydrogen) atoms. The number of carbonyl (C=O) groups is 1. The number of anilines is 2. The second-order valence-corrected chi connectivity index (χ2v) is 4.48. The molecule has 1 aromatic heterocycles. The summed E-state index contributed by atoms with van der Waals surface area (Å²) in [6, 6.07) is 15.3. The molecule has 104 valence electrons. The minimum atomic E-state index is -0.331. The van der Waals surface area contributed by atoms with E-state index in [1.54, 1.807) is 24.4 Å². The highest BCUT2D eigenvalue weighted by Gasteiger charge is 2.07. The number of pyridine rings is 1.